The van der Waals surface area contributed by atoms with E-state index in [9.17, 15) is 4.79 Å². The molecule has 0 heterocycles. The molecule has 0 bridgehead atoms. The van der Waals surface area contributed by atoms with Gasteiger partial charge in [0.1, 0.15) is 5.78 Å². The summed E-state index contributed by atoms with van der Waals surface area (Å²) in [6, 6.07) is 0. The molecule has 2 saturated carbocycles. The van der Waals surface area contributed by atoms with Crippen LogP contribution in [0.1, 0.15) is 25.7 Å². The maximum atomic E-state index is 10.9. The fraction of sp³-hybridized carbons (Fsp3) is 0.875. The van der Waals surface area contributed by atoms with Crippen LogP contribution in [0.15, 0.2) is 0 Å². The van der Waals surface area contributed by atoms with Gasteiger partial charge in [-0.2, -0.15) is 0 Å². The lowest BCUT2D eigenvalue weighted by Crippen LogP contribution is -1.96. The minimum atomic E-state index is 0.364. The maximum absolute atomic E-state index is 10.9. The summed E-state index contributed by atoms with van der Waals surface area (Å²) in [5, 5.41) is 0.364. The largest absolute Gasteiger partial charge is 0.300 e. The van der Waals surface area contributed by atoms with E-state index in [1.807, 2.05) is 0 Å². The van der Waals surface area contributed by atoms with Gasteiger partial charge in [-0.05, 0) is 24.7 Å². The zero-order chi connectivity index (χ0) is 7.14. The van der Waals surface area contributed by atoms with Crippen molar-refractivity contribution in [2.24, 2.45) is 11.8 Å². The van der Waals surface area contributed by atoms with E-state index in [4.69, 9.17) is 11.6 Å². The number of hydrogen-bond acceptors (Lipinski definition) is 1. The van der Waals surface area contributed by atoms with Gasteiger partial charge in [0.15, 0.2) is 0 Å². The number of Topliss-reactive ketones (excluding diaryl/α,β-unsaturated/α-hetero) is 1. The fourth-order valence-electron chi connectivity index (χ4n) is 2.31. The first-order valence-corrected chi connectivity index (χ1v) is 4.35. The van der Waals surface area contributed by atoms with E-state index in [0.29, 0.717) is 23.0 Å². The van der Waals surface area contributed by atoms with Crippen LogP contribution in [0.5, 0.6) is 0 Å². The molecule has 2 heteroatoms. The molecule has 2 aliphatic rings. The van der Waals surface area contributed by atoms with Crippen molar-refractivity contribution in [2.75, 3.05) is 0 Å². The van der Waals surface area contributed by atoms with Crippen LogP contribution in [0.4, 0.5) is 0 Å². The van der Waals surface area contributed by atoms with Crippen LogP contribution in [0.2, 0.25) is 0 Å². The fourth-order valence-corrected chi connectivity index (χ4v) is 2.76. The first-order chi connectivity index (χ1) is 4.75. The molecule has 0 amide bonds. The Balaban J connectivity index is 2.06. The Hall–Kier alpha value is -0.0400. The minimum absolute atomic E-state index is 0.364. The molecular weight excluding hydrogens is 148 g/mol. The zero-order valence-corrected chi connectivity index (χ0v) is 6.60. The molecule has 0 aliphatic heterocycles. The third-order valence-electron chi connectivity index (χ3n) is 2.76. The molecule has 0 radical (unpaired) electrons. The highest BCUT2D eigenvalue weighted by Gasteiger charge is 2.40. The first-order valence-electron chi connectivity index (χ1n) is 3.91. The third kappa shape index (κ3) is 0.968. The van der Waals surface area contributed by atoms with E-state index in [1.165, 1.54) is 0 Å². The molecular formula is C8H11ClO. The Morgan fingerprint density at radius 2 is 1.70 bits per heavy atom. The van der Waals surface area contributed by atoms with Gasteiger partial charge in [-0.1, -0.05) is 0 Å². The molecule has 2 rings (SSSR count). The van der Waals surface area contributed by atoms with Gasteiger partial charge in [0.25, 0.3) is 0 Å². The summed E-state index contributed by atoms with van der Waals surface area (Å²) in [5.74, 6) is 1.75. The number of carbonyl (C=O) groups excluding carboxylic acids is 1. The monoisotopic (exact) mass is 158 g/mol. The average molecular weight is 159 g/mol. The van der Waals surface area contributed by atoms with Crippen molar-refractivity contribution in [1.82, 2.24) is 0 Å². The summed E-state index contributed by atoms with van der Waals surface area (Å²) in [7, 11) is 0. The quantitative estimate of drug-likeness (QED) is 0.493. The molecule has 2 aliphatic carbocycles. The van der Waals surface area contributed by atoms with Crippen molar-refractivity contribution < 1.29 is 4.79 Å². The third-order valence-corrected chi connectivity index (χ3v) is 3.12. The second-order valence-corrected chi connectivity index (χ2v) is 4.15. The second kappa shape index (κ2) is 2.23. The van der Waals surface area contributed by atoms with Crippen LogP contribution in [0, 0.1) is 11.8 Å². The van der Waals surface area contributed by atoms with Gasteiger partial charge < -0.3 is 0 Å². The summed E-state index contributed by atoms with van der Waals surface area (Å²) in [6.45, 7) is 0. The number of hydrogen-bond donors (Lipinski definition) is 0. The maximum Gasteiger partial charge on any atom is 0.133 e. The van der Waals surface area contributed by atoms with Gasteiger partial charge in [0.05, 0.1) is 0 Å². The van der Waals surface area contributed by atoms with Gasteiger partial charge in [-0.25, -0.2) is 0 Å². The highest BCUT2D eigenvalue weighted by Crippen LogP contribution is 2.44. The lowest BCUT2D eigenvalue weighted by atomic mass is 10.0. The predicted molar refractivity (Wildman–Crippen MR) is 40.1 cm³/mol. The van der Waals surface area contributed by atoms with Crippen molar-refractivity contribution in [3.8, 4) is 0 Å². The van der Waals surface area contributed by atoms with E-state index in [2.05, 4.69) is 0 Å². The van der Waals surface area contributed by atoms with E-state index < -0.39 is 0 Å². The molecule has 0 aromatic rings. The van der Waals surface area contributed by atoms with Crippen LogP contribution in [-0.2, 0) is 4.79 Å². The standard InChI is InChI=1S/C8H11ClO/c9-7-1-5-3-8(10)4-6(5)2-7/h5-7H,1-4H2/t5-,6+,7?. The van der Waals surface area contributed by atoms with Crippen molar-refractivity contribution >= 4 is 17.4 Å². The molecule has 1 nitrogen and oxygen atoms in total. The van der Waals surface area contributed by atoms with Crippen molar-refractivity contribution in [1.29, 1.82) is 0 Å². The number of rotatable bonds is 0. The number of fused-ring (bicyclic) bond motifs is 1. The number of ketones is 1. The summed E-state index contributed by atoms with van der Waals surface area (Å²) in [5.41, 5.74) is 0. The molecule has 0 spiro atoms. The SMILES string of the molecule is O=C1C[C@@H]2CC(Cl)C[C@@H]2C1. The molecule has 0 aromatic carbocycles. The lowest BCUT2D eigenvalue weighted by molar-refractivity contribution is -0.117. The van der Waals surface area contributed by atoms with E-state index in [0.717, 1.165) is 25.7 Å². The molecule has 56 valence electrons. The van der Waals surface area contributed by atoms with Crippen LogP contribution in [-0.4, -0.2) is 11.2 Å². The topological polar surface area (TPSA) is 17.1 Å². The minimum Gasteiger partial charge on any atom is -0.300 e. The Bertz CT molecular complexity index is 151. The second-order valence-electron chi connectivity index (χ2n) is 3.54. The summed E-state index contributed by atoms with van der Waals surface area (Å²) in [4.78, 5) is 10.9. The molecule has 10 heavy (non-hydrogen) atoms. The zero-order valence-electron chi connectivity index (χ0n) is 5.85. The van der Waals surface area contributed by atoms with Crippen LogP contribution < -0.4 is 0 Å². The number of carbonyl (C=O) groups is 1. The normalized spacial score (nSPS) is 46.1. The van der Waals surface area contributed by atoms with E-state index >= 15 is 0 Å². The Morgan fingerprint density at radius 3 is 2.20 bits per heavy atom. The predicted octanol–water partition coefficient (Wildman–Crippen LogP) is 1.98. The van der Waals surface area contributed by atoms with Gasteiger partial charge in [0, 0.05) is 18.2 Å². The van der Waals surface area contributed by atoms with Crippen molar-refractivity contribution in [3.63, 3.8) is 0 Å². The Kier molecular flexibility index (Phi) is 1.48. The molecule has 3 atom stereocenters. The summed E-state index contributed by atoms with van der Waals surface area (Å²) >= 11 is 5.95. The van der Waals surface area contributed by atoms with E-state index in [1.54, 1.807) is 0 Å². The Labute approximate surface area is 65.7 Å². The van der Waals surface area contributed by atoms with E-state index in [-0.39, 0.29) is 0 Å². The first kappa shape index (κ1) is 6.66. The lowest BCUT2D eigenvalue weighted by Gasteiger charge is -2.02. The van der Waals surface area contributed by atoms with Gasteiger partial charge in [-0.3, -0.25) is 4.79 Å². The highest BCUT2D eigenvalue weighted by molar-refractivity contribution is 6.20. The van der Waals surface area contributed by atoms with Crippen LogP contribution in [0.25, 0.3) is 0 Å². The Morgan fingerprint density at radius 1 is 1.20 bits per heavy atom. The summed E-state index contributed by atoms with van der Waals surface area (Å²) < 4.78 is 0. The molecule has 2 fully saturated rings. The number of halogens is 1. The van der Waals surface area contributed by atoms with Gasteiger partial charge >= 0.3 is 0 Å². The highest BCUT2D eigenvalue weighted by atomic mass is 35.5. The average Bonchev–Trinajstić information content (AvgIpc) is 2.21. The van der Waals surface area contributed by atoms with Crippen molar-refractivity contribution in [3.05, 3.63) is 0 Å². The molecule has 0 N–H and O–H groups in total. The molecule has 0 saturated heterocycles. The van der Waals surface area contributed by atoms with Crippen molar-refractivity contribution in [2.45, 2.75) is 31.1 Å². The van der Waals surface area contributed by atoms with Crippen LogP contribution >= 0.6 is 11.6 Å². The smallest absolute Gasteiger partial charge is 0.133 e. The van der Waals surface area contributed by atoms with Crippen LogP contribution in [0.3, 0.4) is 0 Å². The molecule has 1 unspecified atom stereocenters. The molecule has 0 aromatic heterocycles. The number of alkyl halides is 1. The van der Waals surface area contributed by atoms with Gasteiger partial charge in [0.2, 0.25) is 0 Å². The van der Waals surface area contributed by atoms with Gasteiger partial charge in [-0.15, -0.1) is 11.6 Å². The summed E-state index contributed by atoms with van der Waals surface area (Å²) in [6.07, 6.45) is 3.79.